The van der Waals surface area contributed by atoms with Crippen molar-refractivity contribution >= 4 is 19.3 Å². The molecule has 2 saturated heterocycles. The summed E-state index contributed by atoms with van der Waals surface area (Å²) in [5, 5.41) is -1.23. The molecule has 12 heteroatoms. The van der Waals surface area contributed by atoms with Gasteiger partial charge in [0.15, 0.2) is 6.23 Å². The smallest absolute Gasteiger partial charge is 0.330 e. The molecule has 184 valence electrons. The summed E-state index contributed by atoms with van der Waals surface area (Å²) in [5.74, 6) is 0. The Hall–Kier alpha value is -1.41. The van der Waals surface area contributed by atoms with E-state index in [1.165, 1.54) is 10.8 Å². The van der Waals surface area contributed by atoms with Crippen molar-refractivity contribution in [3.63, 3.8) is 0 Å². The number of H-pyrrole nitrogens is 1. The normalized spacial score (nSPS) is 32.5. The molecule has 2 aliphatic heterocycles. The molecule has 0 amide bonds. The molecule has 2 unspecified atom stereocenters. The predicted molar refractivity (Wildman–Crippen MR) is 127 cm³/mol. The van der Waals surface area contributed by atoms with E-state index < -0.39 is 59.0 Å². The van der Waals surface area contributed by atoms with E-state index in [2.05, 4.69) is 14.5 Å². The number of ether oxygens (including phenoxy) is 1. The quantitative estimate of drug-likeness (QED) is 0.314. The van der Waals surface area contributed by atoms with Crippen molar-refractivity contribution in [1.82, 2.24) is 14.2 Å². The van der Waals surface area contributed by atoms with Crippen LogP contribution in [0, 0.1) is 13.5 Å². The Balaban J connectivity index is 2.04. The second-order valence-electron chi connectivity index (χ2n) is 8.92. The summed E-state index contributed by atoms with van der Waals surface area (Å²) < 4.78 is 44.0. The number of fused-ring (bicyclic) bond motifs is 2. The van der Waals surface area contributed by atoms with Crippen LogP contribution in [0.4, 0.5) is 0 Å². The van der Waals surface area contributed by atoms with E-state index >= 15 is 0 Å². The van der Waals surface area contributed by atoms with Gasteiger partial charge in [-0.1, -0.05) is 0 Å². The molecule has 2 fully saturated rings. The van der Waals surface area contributed by atoms with Crippen LogP contribution in [0.1, 0.15) is 54.7 Å². The predicted octanol–water partition coefficient (Wildman–Crippen LogP) is 2.32. The minimum absolute atomic E-state index is 0.0640. The van der Waals surface area contributed by atoms with Gasteiger partial charge in [-0.05, 0) is 48.4 Å². The number of nitrogens with zero attached hydrogens (tertiary/aromatic N) is 3. The molecule has 0 saturated carbocycles. The lowest BCUT2D eigenvalue weighted by atomic mass is 9.96. The zero-order valence-corrected chi connectivity index (χ0v) is 21.5. The highest BCUT2D eigenvalue weighted by Gasteiger charge is 2.68. The van der Waals surface area contributed by atoms with Crippen LogP contribution < -0.4 is 11.2 Å². The van der Waals surface area contributed by atoms with Crippen molar-refractivity contribution in [3.05, 3.63) is 44.0 Å². The SMILES string of the molecule is [2H]C[C@@]12O[C@@H](n3cc(C)c(=O)[nH]c3=O)[C@@H]([C@@H]1OP(OCC[N+]#[C-])N(C(C)C)C(C)C)S(=O)[C@H]2C. The molecule has 10 nitrogen and oxygen atoms in total. The second-order valence-corrected chi connectivity index (χ2v) is 12.2. The molecule has 2 aliphatic rings. The Morgan fingerprint density at radius 1 is 1.42 bits per heavy atom. The average Bonchev–Trinajstić information content (AvgIpc) is 3.18. The topological polar surface area (TPSA) is 107 Å². The van der Waals surface area contributed by atoms with Gasteiger partial charge in [0.1, 0.15) is 23.6 Å². The lowest BCUT2D eigenvalue weighted by Gasteiger charge is -2.38. The van der Waals surface area contributed by atoms with Gasteiger partial charge >= 0.3 is 5.69 Å². The van der Waals surface area contributed by atoms with E-state index in [-0.39, 0.29) is 32.1 Å². The lowest BCUT2D eigenvalue weighted by Crippen LogP contribution is -2.46. The third kappa shape index (κ3) is 4.75. The van der Waals surface area contributed by atoms with Crippen molar-refractivity contribution in [2.75, 3.05) is 13.2 Å². The minimum atomic E-state index is -1.67. The van der Waals surface area contributed by atoms with E-state index in [0.717, 1.165) is 0 Å². The largest absolute Gasteiger partial charge is 0.346 e. The molecular weight excluding hydrogens is 467 g/mol. The van der Waals surface area contributed by atoms with Crippen molar-refractivity contribution in [2.24, 2.45) is 0 Å². The van der Waals surface area contributed by atoms with Gasteiger partial charge in [0.05, 0.1) is 5.25 Å². The molecule has 0 spiro atoms. The second kappa shape index (κ2) is 10.1. The molecule has 0 radical (unpaired) electrons. The molecule has 3 rings (SSSR count). The summed E-state index contributed by atoms with van der Waals surface area (Å²) in [6, 6.07) is 0.128. The maximum atomic E-state index is 13.5. The molecule has 1 N–H and O–H groups in total. The molecule has 7 atom stereocenters. The zero-order valence-electron chi connectivity index (χ0n) is 20.8. The van der Waals surface area contributed by atoms with Crippen LogP contribution in [0.3, 0.4) is 0 Å². The molecule has 1 aromatic heterocycles. The highest BCUT2D eigenvalue weighted by molar-refractivity contribution is 7.86. The van der Waals surface area contributed by atoms with Crippen LogP contribution >= 0.6 is 8.53 Å². The fourth-order valence-corrected chi connectivity index (χ4v) is 8.19. The van der Waals surface area contributed by atoms with Gasteiger partial charge in [0.2, 0.25) is 6.54 Å². The number of hydrogen-bond acceptors (Lipinski definition) is 7. The summed E-state index contributed by atoms with van der Waals surface area (Å²) in [5.41, 5.74) is -2.06. The molecule has 2 bridgehead atoms. The summed E-state index contributed by atoms with van der Waals surface area (Å²) in [6.07, 6.45) is -0.335. The average molecular weight is 502 g/mol. The van der Waals surface area contributed by atoms with E-state index in [4.69, 9.17) is 21.7 Å². The van der Waals surface area contributed by atoms with Crippen LogP contribution in [-0.4, -0.2) is 65.9 Å². The number of aromatic nitrogens is 2. The lowest BCUT2D eigenvalue weighted by molar-refractivity contribution is -0.0895. The first-order valence-electron chi connectivity index (χ1n) is 11.6. The zero-order chi connectivity index (χ0) is 25.4. The first-order valence-corrected chi connectivity index (χ1v) is 13.3. The van der Waals surface area contributed by atoms with Gasteiger partial charge in [-0.15, -0.1) is 0 Å². The molecule has 0 aromatic carbocycles. The van der Waals surface area contributed by atoms with Crippen molar-refractivity contribution in [1.29, 1.82) is 0 Å². The maximum absolute atomic E-state index is 13.5. The monoisotopic (exact) mass is 501 g/mol. The molecule has 33 heavy (non-hydrogen) atoms. The third-order valence-corrected chi connectivity index (χ3v) is 10.2. The van der Waals surface area contributed by atoms with Gasteiger partial charge in [0, 0.05) is 36.0 Å². The summed E-state index contributed by atoms with van der Waals surface area (Å²) in [6.45, 7) is 18.6. The van der Waals surface area contributed by atoms with Crippen LogP contribution in [-0.2, 0) is 24.6 Å². The first-order chi connectivity index (χ1) is 16.0. The number of hydrogen-bond donors (Lipinski definition) is 1. The van der Waals surface area contributed by atoms with Crippen molar-refractivity contribution < 1.29 is 19.4 Å². The minimum Gasteiger partial charge on any atom is -0.346 e. The van der Waals surface area contributed by atoms with E-state index in [0.29, 0.717) is 5.56 Å². The highest BCUT2D eigenvalue weighted by Crippen LogP contribution is 2.57. The highest BCUT2D eigenvalue weighted by atomic mass is 32.2. The Kier molecular flexibility index (Phi) is 7.53. The molecule has 3 heterocycles. The van der Waals surface area contributed by atoms with E-state index in [1.54, 1.807) is 13.8 Å². The van der Waals surface area contributed by atoms with Crippen LogP contribution in [0.15, 0.2) is 15.8 Å². The third-order valence-electron chi connectivity index (χ3n) is 5.98. The van der Waals surface area contributed by atoms with Gasteiger partial charge in [-0.2, -0.15) is 0 Å². The maximum Gasteiger partial charge on any atom is 0.330 e. The number of aromatic amines is 1. The number of nitrogens with one attached hydrogen (secondary N) is 1. The van der Waals surface area contributed by atoms with Crippen molar-refractivity contribution in [2.45, 2.75) is 89.0 Å². The van der Waals surface area contributed by atoms with Gasteiger partial charge < -0.3 is 18.6 Å². The number of aryl methyl sites for hydroxylation is 1. The fourth-order valence-electron chi connectivity index (χ4n) is 4.31. The van der Waals surface area contributed by atoms with Crippen LogP contribution in [0.25, 0.3) is 4.85 Å². The van der Waals surface area contributed by atoms with Crippen LogP contribution in [0.2, 0.25) is 0 Å². The Morgan fingerprint density at radius 3 is 2.67 bits per heavy atom. The standard InChI is InChI=1S/C21H33N4O6PS/c1-12(2)25(13(3)4)32(29-10-9-22-8)31-17-16-19(30-21(17,7)15(6)33(16)28)24-11-14(5)18(26)23-20(24)27/h11-13,15-17,19H,9-10H2,1-7H3,(H,23,26,27)/t15-,16+,17-,19+,21-,32?,33?/m0/s1/i7D. The number of rotatable bonds is 9. The fraction of sp³-hybridized carbons (Fsp3) is 0.762. The molecular formula is C21H33N4O6PS. The van der Waals surface area contributed by atoms with Crippen LogP contribution in [0.5, 0.6) is 0 Å². The summed E-state index contributed by atoms with van der Waals surface area (Å²) >= 11 is 0. The Labute approximate surface area is 199 Å². The van der Waals surface area contributed by atoms with E-state index in [1.807, 2.05) is 27.7 Å². The Morgan fingerprint density at radius 2 is 2.09 bits per heavy atom. The Bertz CT molecular complexity index is 1070. The van der Waals surface area contributed by atoms with Gasteiger partial charge in [-0.3, -0.25) is 18.6 Å². The summed E-state index contributed by atoms with van der Waals surface area (Å²) in [7, 11) is -3.14. The van der Waals surface area contributed by atoms with Gasteiger partial charge in [-0.25, -0.2) is 16.0 Å². The first kappa shape index (κ1) is 24.7. The molecule has 0 aliphatic carbocycles. The van der Waals surface area contributed by atoms with E-state index in [9.17, 15) is 13.8 Å². The van der Waals surface area contributed by atoms with Crippen molar-refractivity contribution in [3.8, 4) is 0 Å². The summed E-state index contributed by atoms with van der Waals surface area (Å²) in [4.78, 5) is 30.1. The molecule has 1 aromatic rings. The van der Waals surface area contributed by atoms with Gasteiger partial charge in [0.25, 0.3) is 14.1 Å².